The Hall–Kier alpha value is -1.95. The fourth-order valence-electron chi connectivity index (χ4n) is 2.20. The molecule has 110 valence electrons. The number of thiophene rings is 1. The highest BCUT2D eigenvalue weighted by molar-refractivity contribution is 7.07. The minimum absolute atomic E-state index is 0.0285. The van der Waals surface area contributed by atoms with Gasteiger partial charge in [-0.2, -0.15) is 11.3 Å². The number of amides is 1. The Morgan fingerprint density at radius 1 is 1.38 bits per heavy atom. The van der Waals surface area contributed by atoms with Gasteiger partial charge in [-0.25, -0.2) is 0 Å². The van der Waals surface area contributed by atoms with Crippen LogP contribution in [0.25, 0.3) is 0 Å². The molecule has 21 heavy (non-hydrogen) atoms. The molecule has 0 bridgehead atoms. The number of nitrogens with one attached hydrogen (secondary N) is 1. The van der Waals surface area contributed by atoms with Crippen molar-refractivity contribution in [3.05, 3.63) is 40.2 Å². The predicted molar refractivity (Wildman–Crippen MR) is 83.4 cm³/mol. The molecule has 0 saturated heterocycles. The van der Waals surface area contributed by atoms with Gasteiger partial charge in [0.05, 0.1) is 0 Å². The van der Waals surface area contributed by atoms with Crippen LogP contribution in [0.1, 0.15) is 35.8 Å². The zero-order valence-corrected chi connectivity index (χ0v) is 12.8. The average molecular weight is 302 g/mol. The lowest BCUT2D eigenvalue weighted by Crippen LogP contribution is -2.33. The number of hydrogen-bond donors (Lipinski definition) is 1. The van der Waals surface area contributed by atoms with Gasteiger partial charge in [0.2, 0.25) is 0 Å². The van der Waals surface area contributed by atoms with E-state index in [0.29, 0.717) is 24.1 Å². The van der Waals surface area contributed by atoms with E-state index in [0.717, 1.165) is 19.4 Å². The molecular weight excluding hydrogens is 284 g/mol. The van der Waals surface area contributed by atoms with Gasteiger partial charge in [-0.3, -0.25) is 4.79 Å². The van der Waals surface area contributed by atoms with Gasteiger partial charge in [0.15, 0.2) is 5.69 Å². The molecule has 1 N–H and O–H groups in total. The number of aromatic nitrogens is 2. The molecule has 5 nitrogen and oxygen atoms in total. The number of anilines is 1. The Morgan fingerprint density at radius 3 is 2.81 bits per heavy atom. The first-order valence-corrected chi connectivity index (χ1v) is 8.12. The number of rotatable bonds is 6. The Labute approximate surface area is 128 Å². The SMILES string of the molecule is CCNc1ccc(C(=O)N(Cc2ccsc2)C2CC2)nn1. The van der Waals surface area contributed by atoms with Crippen molar-refractivity contribution in [1.82, 2.24) is 15.1 Å². The van der Waals surface area contributed by atoms with E-state index in [1.54, 1.807) is 23.5 Å². The highest BCUT2D eigenvalue weighted by atomic mass is 32.1. The van der Waals surface area contributed by atoms with E-state index in [1.165, 1.54) is 5.56 Å². The Morgan fingerprint density at radius 2 is 2.24 bits per heavy atom. The Kier molecular flexibility index (Phi) is 4.15. The molecule has 1 saturated carbocycles. The third kappa shape index (κ3) is 3.39. The van der Waals surface area contributed by atoms with Crippen LogP contribution in [0.4, 0.5) is 5.82 Å². The summed E-state index contributed by atoms with van der Waals surface area (Å²) in [5.74, 6) is 0.670. The second-order valence-electron chi connectivity index (χ2n) is 5.13. The van der Waals surface area contributed by atoms with Crippen LogP contribution >= 0.6 is 11.3 Å². The van der Waals surface area contributed by atoms with Crippen LogP contribution in [0, 0.1) is 0 Å². The second kappa shape index (κ2) is 6.22. The van der Waals surface area contributed by atoms with E-state index in [2.05, 4.69) is 27.0 Å². The van der Waals surface area contributed by atoms with Gasteiger partial charge in [0.1, 0.15) is 5.82 Å². The summed E-state index contributed by atoms with van der Waals surface area (Å²) in [6.07, 6.45) is 2.16. The maximum atomic E-state index is 12.6. The van der Waals surface area contributed by atoms with E-state index >= 15 is 0 Å². The van der Waals surface area contributed by atoms with Gasteiger partial charge in [-0.15, -0.1) is 10.2 Å². The molecule has 0 aliphatic heterocycles. The molecule has 2 heterocycles. The number of carbonyl (C=O) groups excluding carboxylic acids is 1. The molecule has 2 aromatic heterocycles. The molecular formula is C15H18N4OS. The van der Waals surface area contributed by atoms with Gasteiger partial charge >= 0.3 is 0 Å². The Balaban J connectivity index is 1.74. The molecule has 1 amide bonds. The van der Waals surface area contributed by atoms with Crippen LogP contribution in [0.15, 0.2) is 29.0 Å². The van der Waals surface area contributed by atoms with Crippen molar-refractivity contribution in [3.63, 3.8) is 0 Å². The van der Waals surface area contributed by atoms with Crippen molar-refractivity contribution < 1.29 is 4.79 Å². The summed E-state index contributed by atoms with van der Waals surface area (Å²) in [6, 6.07) is 5.97. The highest BCUT2D eigenvalue weighted by Crippen LogP contribution is 2.29. The van der Waals surface area contributed by atoms with Gasteiger partial charge in [0.25, 0.3) is 5.91 Å². The highest BCUT2D eigenvalue weighted by Gasteiger charge is 2.33. The number of carbonyl (C=O) groups is 1. The van der Waals surface area contributed by atoms with E-state index in [9.17, 15) is 4.79 Å². The smallest absolute Gasteiger partial charge is 0.274 e. The van der Waals surface area contributed by atoms with Crippen LogP contribution in [0.3, 0.4) is 0 Å². The standard InChI is InChI=1S/C15H18N4OS/c1-2-16-14-6-5-13(17-18-14)15(20)19(12-3-4-12)9-11-7-8-21-10-11/h5-8,10,12H,2-4,9H2,1H3,(H,16,18). The van der Waals surface area contributed by atoms with Crippen LogP contribution in [-0.2, 0) is 6.54 Å². The first kappa shape index (κ1) is 14.0. The molecule has 6 heteroatoms. The zero-order chi connectivity index (χ0) is 14.7. The number of hydrogen-bond acceptors (Lipinski definition) is 5. The summed E-state index contributed by atoms with van der Waals surface area (Å²) < 4.78 is 0. The van der Waals surface area contributed by atoms with Gasteiger partial charge in [-0.1, -0.05) is 0 Å². The molecule has 1 fully saturated rings. The normalized spacial score (nSPS) is 14.0. The van der Waals surface area contributed by atoms with Crippen LogP contribution in [0.5, 0.6) is 0 Å². The third-order valence-corrected chi connectivity index (χ3v) is 4.16. The van der Waals surface area contributed by atoms with Gasteiger partial charge < -0.3 is 10.2 Å². The summed E-state index contributed by atoms with van der Waals surface area (Å²) in [6.45, 7) is 3.44. The predicted octanol–water partition coefficient (Wildman–Crippen LogP) is 2.77. The minimum Gasteiger partial charge on any atom is -0.369 e. The summed E-state index contributed by atoms with van der Waals surface area (Å²) in [5.41, 5.74) is 1.59. The van der Waals surface area contributed by atoms with Crippen LogP contribution in [0.2, 0.25) is 0 Å². The molecule has 2 aromatic rings. The monoisotopic (exact) mass is 302 g/mol. The molecule has 1 aliphatic carbocycles. The fourth-order valence-corrected chi connectivity index (χ4v) is 2.86. The van der Waals surface area contributed by atoms with Crippen molar-refractivity contribution >= 4 is 23.1 Å². The van der Waals surface area contributed by atoms with Crippen molar-refractivity contribution in [1.29, 1.82) is 0 Å². The average Bonchev–Trinajstić information content (AvgIpc) is 3.22. The summed E-state index contributed by atoms with van der Waals surface area (Å²) >= 11 is 1.65. The second-order valence-corrected chi connectivity index (χ2v) is 5.91. The molecule has 0 spiro atoms. The van der Waals surface area contributed by atoms with E-state index < -0.39 is 0 Å². The largest absolute Gasteiger partial charge is 0.369 e. The molecule has 0 radical (unpaired) electrons. The molecule has 0 unspecified atom stereocenters. The first-order chi connectivity index (χ1) is 10.3. The van der Waals surface area contributed by atoms with Gasteiger partial charge in [0, 0.05) is 19.1 Å². The lowest BCUT2D eigenvalue weighted by atomic mass is 10.2. The summed E-state index contributed by atoms with van der Waals surface area (Å²) in [4.78, 5) is 14.5. The third-order valence-electron chi connectivity index (χ3n) is 3.42. The lowest BCUT2D eigenvalue weighted by Gasteiger charge is -2.21. The van der Waals surface area contributed by atoms with Crippen molar-refractivity contribution in [3.8, 4) is 0 Å². The summed E-state index contributed by atoms with van der Waals surface area (Å²) in [7, 11) is 0. The van der Waals surface area contributed by atoms with E-state index in [-0.39, 0.29) is 5.91 Å². The summed E-state index contributed by atoms with van der Waals surface area (Å²) in [5, 5.41) is 15.3. The van der Waals surface area contributed by atoms with Crippen molar-refractivity contribution in [2.24, 2.45) is 0 Å². The minimum atomic E-state index is -0.0285. The maximum absolute atomic E-state index is 12.6. The maximum Gasteiger partial charge on any atom is 0.274 e. The molecule has 1 aliphatic rings. The van der Waals surface area contributed by atoms with Crippen LogP contribution in [-0.4, -0.2) is 33.6 Å². The first-order valence-electron chi connectivity index (χ1n) is 7.17. The lowest BCUT2D eigenvalue weighted by molar-refractivity contribution is 0.0723. The van der Waals surface area contributed by atoms with E-state index in [4.69, 9.17) is 0 Å². The zero-order valence-electron chi connectivity index (χ0n) is 12.0. The quantitative estimate of drug-likeness (QED) is 0.891. The molecule has 0 atom stereocenters. The molecule has 3 rings (SSSR count). The fraction of sp³-hybridized carbons (Fsp3) is 0.400. The number of nitrogens with zero attached hydrogens (tertiary/aromatic N) is 3. The Bertz CT molecular complexity index is 593. The molecule has 0 aromatic carbocycles. The topological polar surface area (TPSA) is 58.1 Å². The van der Waals surface area contributed by atoms with Crippen LogP contribution < -0.4 is 5.32 Å². The van der Waals surface area contributed by atoms with Crippen molar-refractivity contribution in [2.45, 2.75) is 32.4 Å². The van der Waals surface area contributed by atoms with Gasteiger partial charge in [-0.05, 0) is 54.3 Å². The van der Waals surface area contributed by atoms with E-state index in [1.807, 2.05) is 17.2 Å². The van der Waals surface area contributed by atoms with Crippen molar-refractivity contribution in [2.75, 3.05) is 11.9 Å².